The molecule has 0 aliphatic rings. The van der Waals surface area contributed by atoms with Crippen molar-refractivity contribution in [1.82, 2.24) is 10.9 Å². The summed E-state index contributed by atoms with van der Waals surface area (Å²) in [5.41, 5.74) is 4.31. The first-order valence-corrected chi connectivity index (χ1v) is 4.81. The molecule has 0 bridgehead atoms. The number of nitrogens with one attached hydrogen (secondary N) is 2. The molecule has 17 heavy (non-hydrogen) atoms. The number of hydrogen-bond donors (Lipinski definition) is 6. The van der Waals surface area contributed by atoms with Crippen molar-refractivity contribution in [2.45, 2.75) is 18.5 Å². The van der Waals surface area contributed by atoms with Crippen molar-refractivity contribution in [3.63, 3.8) is 0 Å². The van der Waals surface area contributed by atoms with Crippen LogP contribution in [0.2, 0.25) is 0 Å². The maximum absolute atomic E-state index is 10.6. The predicted molar refractivity (Wildman–Crippen MR) is 63.2 cm³/mol. The van der Waals surface area contributed by atoms with Crippen molar-refractivity contribution < 1.29 is 32.6 Å². The largest absolute Gasteiger partial charge is 2.00 e. The number of thiol groups is 1. The van der Waals surface area contributed by atoms with E-state index in [0.717, 1.165) is 0 Å². The van der Waals surface area contributed by atoms with E-state index < -0.39 is 36.4 Å². The number of aliphatic carboxylic acids is 3. The molecule has 0 radical (unpaired) electrons. The summed E-state index contributed by atoms with van der Waals surface area (Å²) in [6, 6.07) is -2.50. The molecular weight excluding hydrogens is 264 g/mol. The van der Waals surface area contributed by atoms with Gasteiger partial charge in [0.1, 0.15) is 12.1 Å². The normalized spacial score (nSPS) is 13.2. The van der Waals surface area contributed by atoms with Crippen LogP contribution in [0.4, 0.5) is 0 Å². The quantitative estimate of drug-likeness (QED) is 0.174. The molecule has 0 unspecified atom stereocenters. The van der Waals surface area contributed by atoms with Crippen LogP contribution in [0.5, 0.6) is 0 Å². The first-order chi connectivity index (χ1) is 7.38. The Hall–Kier alpha value is -0.554. The van der Waals surface area contributed by atoms with Crippen LogP contribution in [-0.4, -0.2) is 74.1 Å². The molecule has 0 aliphatic carbocycles. The Balaban J connectivity index is -0.000000375. The minimum atomic E-state index is -1.40. The van der Waals surface area contributed by atoms with E-state index >= 15 is 0 Å². The van der Waals surface area contributed by atoms with Crippen LogP contribution >= 0.6 is 12.6 Å². The molecule has 0 aromatic rings. The van der Waals surface area contributed by atoms with E-state index in [9.17, 15) is 14.4 Å². The van der Waals surface area contributed by atoms with Crippen LogP contribution in [0.15, 0.2) is 0 Å². The Kier molecular flexibility index (Phi) is 10.5. The monoisotopic (exact) mass is 278 g/mol. The zero-order valence-corrected chi connectivity index (χ0v) is 11.1. The Bertz CT molecular complexity index is 299. The van der Waals surface area contributed by atoms with Gasteiger partial charge in [-0.05, 0) is 0 Å². The zero-order chi connectivity index (χ0) is 12.7. The predicted octanol–water partition coefficient (Wildman–Crippen LogP) is -1.76. The second-order valence-corrected chi connectivity index (χ2v) is 3.22. The topological polar surface area (TPSA) is 136 Å². The molecule has 0 saturated carbocycles. The van der Waals surface area contributed by atoms with Gasteiger partial charge < -0.3 is 18.2 Å². The van der Waals surface area contributed by atoms with Gasteiger partial charge in [0.25, 0.3) is 0 Å². The molecule has 0 aromatic carbocycles. The molecule has 5 N–H and O–H groups in total. The Morgan fingerprint density at radius 1 is 1.06 bits per heavy atom. The van der Waals surface area contributed by atoms with Crippen molar-refractivity contribution in [1.29, 1.82) is 0 Å². The fraction of sp³-hybridized carbons (Fsp3) is 0.571. The maximum atomic E-state index is 10.6. The molecular formula is C7H14MgN2O6S. The van der Waals surface area contributed by atoms with Gasteiger partial charge in [-0.25, -0.2) is 10.9 Å². The third-order valence-corrected chi connectivity index (χ3v) is 1.95. The first-order valence-electron chi connectivity index (χ1n) is 4.17. The van der Waals surface area contributed by atoms with Crippen LogP contribution in [0.25, 0.3) is 0 Å². The zero-order valence-electron chi connectivity index (χ0n) is 10.8. The number of rotatable bonds is 8. The fourth-order valence-electron chi connectivity index (χ4n) is 0.761. The second kappa shape index (κ2) is 9.47. The molecule has 0 heterocycles. The van der Waals surface area contributed by atoms with Gasteiger partial charge in [-0.1, -0.05) is 0 Å². The van der Waals surface area contributed by atoms with Crippen molar-refractivity contribution in [2.24, 2.45) is 0 Å². The van der Waals surface area contributed by atoms with Crippen molar-refractivity contribution in [3.05, 3.63) is 0 Å². The number of hydrazine groups is 1. The van der Waals surface area contributed by atoms with Gasteiger partial charge in [-0.15, -0.1) is 0 Å². The Morgan fingerprint density at radius 3 is 1.76 bits per heavy atom. The van der Waals surface area contributed by atoms with Gasteiger partial charge in [0.15, 0.2) is 0 Å². The summed E-state index contributed by atoms with van der Waals surface area (Å²) in [6.07, 6.45) is -0.665. The smallest absolute Gasteiger partial charge is 1.00 e. The van der Waals surface area contributed by atoms with E-state index in [4.69, 9.17) is 15.3 Å². The molecule has 0 amide bonds. The van der Waals surface area contributed by atoms with Crippen LogP contribution in [0.1, 0.15) is 9.27 Å². The molecule has 0 saturated heterocycles. The maximum Gasteiger partial charge on any atom is 2.00 e. The summed E-state index contributed by atoms with van der Waals surface area (Å²) in [4.78, 5) is 31.4. The summed E-state index contributed by atoms with van der Waals surface area (Å²) in [7, 11) is 0. The van der Waals surface area contributed by atoms with Gasteiger partial charge >= 0.3 is 41.0 Å². The average Bonchev–Trinajstić information content (AvgIpc) is 2.15. The standard InChI is InChI=1S/C7H12N2O6S.Mg.2H/c10-5(11)1-3(6(12)13)8-9-4(2-16)7(14)15;;;/h3-4,8-9,16H,1-2H2,(H,10,11)(H,12,13)(H,14,15);;;/q;+2;2*-1/t3-,4-;;;/m0.../s1. The van der Waals surface area contributed by atoms with Gasteiger partial charge in [-0.3, -0.25) is 14.4 Å². The molecule has 10 heteroatoms. The summed E-state index contributed by atoms with van der Waals surface area (Å²) in [5, 5.41) is 25.6. The van der Waals surface area contributed by atoms with Crippen LogP contribution in [0, 0.1) is 0 Å². The number of carbonyl (C=O) groups is 3. The van der Waals surface area contributed by atoms with Gasteiger partial charge in [0.05, 0.1) is 6.42 Å². The first kappa shape index (κ1) is 18.8. The molecule has 2 atom stereocenters. The molecule has 0 spiro atoms. The fourth-order valence-corrected chi connectivity index (χ4v) is 1.01. The summed E-state index contributed by atoms with van der Waals surface area (Å²) in [6.45, 7) is 0. The molecule has 96 valence electrons. The number of carboxylic acid groups (broad SMARTS) is 3. The Morgan fingerprint density at radius 2 is 1.47 bits per heavy atom. The Labute approximate surface area is 121 Å². The van der Waals surface area contributed by atoms with Crippen LogP contribution in [0.3, 0.4) is 0 Å². The number of carboxylic acids is 3. The SMILES string of the molecule is O=C(O)C[C@H](NN[C@@H](CS)C(=O)O)C(=O)O.[H-].[H-].[Mg+2]. The third kappa shape index (κ3) is 8.21. The average molecular weight is 279 g/mol. The van der Waals surface area contributed by atoms with Crippen molar-refractivity contribution >= 4 is 53.6 Å². The van der Waals surface area contributed by atoms with E-state index in [1.165, 1.54) is 0 Å². The summed E-state index contributed by atoms with van der Waals surface area (Å²) in [5.74, 6) is -3.98. The van der Waals surface area contributed by atoms with E-state index in [-0.39, 0.29) is 31.7 Å². The summed E-state index contributed by atoms with van der Waals surface area (Å²) >= 11 is 3.73. The molecule has 0 fully saturated rings. The van der Waals surface area contributed by atoms with Gasteiger partial charge in [-0.2, -0.15) is 12.6 Å². The van der Waals surface area contributed by atoms with Gasteiger partial charge in [0.2, 0.25) is 0 Å². The van der Waals surface area contributed by atoms with E-state index in [0.29, 0.717) is 0 Å². The molecule has 0 rings (SSSR count). The van der Waals surface area contributed by atoms with Crippen LogP contribution in [-0.2, 0) is 14.4 Å². The number of hydrogen-bond acceptors (Lipinski definition) is 6. The van der Waals surface area contributed by atoms with Crippen LogP contribution < -0.4 is 10.9 Å². The minimum absolute atomic E-state index is 0. The van der Waals surface area contributed by atoms with Gasteiger partial charge in [0, 0.05) is 5.75 Å². The van der Waals surface area contributed by atoms with Crippen molar-refractivity contribution in [2.75, 3.05) is 5.75 Å². The van der Waals surface area contributed by atoms with Crippen molar-refractivity contribution in [3.8, 4) is 0 Å². The minimum Gasteiger partial charge on any atom is -1.00 e. The van der Waals surface area contributed by atoms with E-state index in [1.807, 2.05) is 0 Å². The summed E-state index contributed by atoms with van der Waals surface area (Å²) < 4.78 is 0. The van der Waals surface area contributed by atoms with E-state index in [2.05, 4.69) is 23.5 Å². The molecule has 0 aliphatic heterocycles. The van der Waals surface area contributed by atoms with E-state index in [1.54, 1.807) is 0 Å². The second-order valence-electron chi connectivity index (χ2n) is 2.85. The molecule has 8 nitrogen and oxygen atoms in total. The third-order valence-electron chi connectivity index (χ3n) is 1.59. The molecule has 0 aromatic heterocycles.